The molecule has 242 valence electrons. The molecule has 4 rings (SSSR count). The Morgan fingerprint density at radius 3 is 2.64 bits per heavy atom. The number of allylic oxidation sites excluding steroid dienone is 4. The molecule has 10 heteroatoms. The van der Waals surface area contributed by atoms with E-state index in [1.165, 1.54) is 6.08 Å². The quantitative estimate of drug-likeness (QED) is 0.183. The van der Waals surface area contributed by atoms with Crippen molar-refractivity contribution >= 4 is 17.3 Å². The number of hydrogen-bond donors (Lipinski definition) is 2. The number of Topliss-reactive ketones (excluding diaryl/α,β-unsaturated/α-hetero) is 1. The molecular formula is C34H49N3O7. The number of epoxide rings is 1. The number of hydrogen-bond acceptors (Lipinski definition) is 9. The van der Waals surface area contributed by atoms with Crippen LogP contribution in [0.3, 0.4) is 0 Å². The van der Waals surface area contributed by atoms with Crippen molar-refractivity contribution < 1.29 is 33.4 Å². The maximum Gasteiger partial charge on any atom is 0.244 e. The highest BCUT2D eigenvalue weighted by Gasteiger charge is 2.58. The zero-order valence-electron chi connectivity index (χ0n) is 27.0. The summed E-state index contributed by atoms with van der Waals surface area (Å²) < 4.78 is 23.2. The lowest BCUT2D eigenvalue weighted by Gasteiger charge is -2.39. The zero-order valence-corrected chi connectivity index (χ0v) is 27.0. The van der Waals surface area contributed by atoms with Crippen LogP contribution in [0.1, 0.15) is 84.9 Å². The van der Waals surface area contributed by atoms with Gasteiger partial charge < -0.3 is 29.2 Å². The Morgan fingerprint density at radius 1 is 1.23 bits per heavy atom. The molecule has 1 spiro atoms. The number of aliphatic hydroxyl groups is 1. The number of nitrogens with one attached hydrogen (secondary N) is 1. The first-order chi connectivity index (χ1) is 20.9. The van der Waals surface area contributed by atoms with Gasteiger partial charge in [0, 0.05) is 37.3 Å². The van der Waals surface area contributed by atoms with E-state index in [-0.39, 0.29) is 47.9 Å². The monoisotopic (exact) mass is 611 g/mol. The Bertz CT molecular complexity index is 1260. The number of amides is 1. The van der Waals surface area contributed by atoms with Gasteiger partial charge in [-0.2, -0.15) is 4.98 Å². The van der Waals surface area contributed by atoms with Crippen LogP contribution in [0.5, 0.6) is 0 Å². The van der Waals surface area contributed by atoms with Crippen molar-refractivity contribution in [3.63, 3.8) is 0 Å². The highest BCUT2D eigenvalue weighted by atomic mass is 16.6. The second-order valence-corrected chi connectivity index (χ2v) is 12.8. The van der Waals surface area contributed by atoms with Gasteiger partial charge in [0.05, 0.1) is 31.0 Å². The van der Waals surface area contributed by atoms with E-state index in [1.807, 2.05) is 32.9 Å². The fourth-order valence-electron chi connectivity index (χ4n) is 6.06. The molecule has 0 aliphatic carbocycles. The molecule has 2 N–H and O–H groups in total. The lowest BCUT2D eigenvalue weighted by Crippen LogP contribution is -2.50. The average molecular weight is 612 g/mol. The molecule has 10 nitrogen and oxygen atoms in total. The van der Waals surface area contributed by atoms with Gasteiger partial charge in [-0.1, -0.05) is 62.7 Å². The summed E-state index contributed by atoms with van der Waals surface area (Å²) in [5.41, 5.74) is 0.919. The van der Waals surface area contributed by atoms with Crippen molar-refractivity contribution in [3.05, 3.63) is 54.2 Å². The first-order valence-corrected chi connectivity index (χ1v) is 15.9. The number of ketones is 1. The van der Waals surface area contributed by atoms with Crippen LogP contribution in [0.2, 0.25) is 0 Å². The van der Waals surface area contributed by atoms with Gasteiger partial charge in [0.1, 0.15) is 23.6 Å². The van der Waals surface area contributed by atoms with Gasteiger partial charge in [-0.15, -0.1) is 0 Å². The summed E-state index contributed by atoms with van der Waals surface area (Å²) in [5, 5.41) is 17.8. The smallest absolute Gasteiger partial charge is 0.244 e. The van der Waals surface area contributed by atoms with E-state index in [0.29, 0.717) is 36.7 Å². The van der Waals surface area contributed by atoms with Crippen LogP contribution < -0.4 is 5.32 Å². The number of aromatic nitrogens is 2. The number of aryl methyl sites for hydroxylation is 1. The number of rotatable bonds is 13. The number of ether oxygens (including phenoxy) is 3. The summed E-state index contributed by atoms with van der Waals surface area (Å²) in [6.45, 7) is 16.3. The standard InChI is InChI=1S/C34H49N3O7/c1-8-9-21(3)28(38)17-26-18-34(19-41-34)32(40)30(43-26)14-11-20(2)10-13-29-23(5)16-27(24(6)42-29)36-31(39)15-12-22(4)33-35-25(7)44-37-33/h10-12,14-15,21,23-24,26-27,29-30,32,40H,4,8-9,13,16-19H2,1-3,5-7H3,(H,36,39)/b14-11+,15-12-,20-10+/t21?,23-,24+,26+,27+,29-,30+,32+,34+/m0/s1. The fraction of sp³-hybridized carbons (Fsp3) is 0.647. The van der Waals surface area contributed by atoms with Crippen LogP contribution in [0.4, 0.5) is 0 Å². The van der Waals surface area contributed by atoms with Gasteiger partial charge in [-0.3, -0.25) is 9.59 Å². The SMILES string of the molecule is C=C(/C=C\C(=O)N[C@@H]1C[C@H](C)[C@H](C/C=C(C)/C=C/[C@H]2O[C@H](CC(=O)C(C)CCC)C[C@@]3(CO3)[C@@H]2O)O[C@@H]1C)c1noc(C)n1. The lowest BCUT2D eigenvalue weighted by atomic mass is 9.85. The number of carbonyl (C=O) groups is 2. The fourth-order valence-corrected chi connectivity index (χ4v) is 6.06. The predicted molar refractivity (Wildman–Crippen MR) is 166 cm³/mol. The van der Waals surface area contributed by atoms with Gasteiger partial charge in [-0.05, 0) is 45.1 Å². The van der Waals surface area contributed by atoms with Gasteiger partial charge in [0.15, 0.2) is 0 Å². The molecular weight excluding hydrogens is 562 g/mol. The Hall–Kier alpha value is -2.92. The zero-order chi connectivity index (χ0) is 32.0. The molecule has 0 saturated carbocycles. The molecule has 0 aromatic carbocycles. The molecule has 3 aliphatic heterocycles. The van der Waals surface area contributed by atoms with Crippen LogP contribution in [0.15, 0.2) is 47.1 Å². The average Bonchev–Trinajstić information content (AvgIpc) is 3.62. The molecule has 1 aromatic heterocycles. The predicted octanol–water partition coefficient (Wildman–Crippen LogP) is 4.82. The van der Waals surface area contributed by atoms with Crippen molar-refractivity contribution in [3.8, 4) is 0 Å². The van der Waals surface area contributed by atoms with E-state index >= 15 is 0 Å². The first kappa shape index (κ1) is 34.0. The molecule has 3 saturated heterocycles. The van der Waals surface area contributed by atoms with Crippen molar-refractivity contribution in [1.82, 2.24) is 15.5 Å². The molecule has 0 radical (unpaired) electrons. The molecule has 1 amide bonds. The van der Waals surface area contributed by atoms with Crippen molar-refractivity contribution in [1.29, 1.82) is 0 Å². The van der Waals surface area contributed by atoms with Gasteiger partial charge in [-0.25, -0.2) is 0 Å². The minimum atomic E-state index is -0.767. The highest BCUT2D eigenvalue weighted by molar-refractivity contribution is 5.90. The highest BCUT2D eigenvalue weighted by Crippen LogP contribution is 2.43. The minimum Gasteiger partial charge on any atom is -0.387 e. The van der Waals surface area contributed by atoms with Crippen LogP contribution >= 0.6 is 0 Å². The molecule has 3 aliphatic rings. The van der Waals surface area contributed by atoms with Gasteiger partial charge in [0.2, 0.25) is 17.6 Å². The van der Waals surface area contributed by atoms with Gasteiger partial charge in [0.25, 0.3) is 0 Å². The molecule has 1 unspecified atom stereocenters. The molecule has 3 fully saturated rings. The van der Waals surface area contributed by atoms with Crippen LogP contribution in [0.25, 0.3) is 5.57 Å². The van der Waals surface area contributed by atoms with E-state index in [4.69, 9.17) is 18.7 Å². The maximum atomic E-state index is 12.7. The van der Waals surface area contributed by atoms with E-state index in [2.05, 4.69) is 42.0 Å². The molecule has 44 heavy (non-hydrogen) atoms. The second kappa shape index (κ2) is 14.9. The van der Waals surface area contributed by atoms with E-state index < -0.39 is 17.8 Å². The third-order valence-corrected chi connectivity index (χ3v) is 9.00. The summed E-state index contributed by atoms with van der Waals surface area (Å²) in [4.78, 5) is 29.4. The first-order valence-electron chi connectivity index (χ1n) is 15.9. The summed E-state index contributed by atoms with van der Waals surface area (Å²) in [7, 11) is 0. The van der Waals surface area contributed by atoms with Crippen LogP contribution in [0, 0.1) is 18.8 Å². The van der Waals surface area contributed by atoms with Crippen molar-refractivity contribution in [2.45, 2.75) is 122 Å². The Balaban J connectivity index is 1.26. The third kappa shape index (κ3) is 8.84. The minimum absolute atomic E-state index is 0.0125. The molecule has 4 heterocycles. The van der Waals surface area contributed by atoms with Crippen molar-refractivity contribution in [2.24, 2.45) is 11.8 Å². The van der Waals surface area contributed by atoms with Crippen LogP contribution in [-0.4, -0.2) is 75.7 Å². The summed E-state index contributed by atoms with van der Waals surface area (Å²) in [6.07, 6.45) is 11.5. The largest absolute Gasteiger partial charge is 0.387 e. The summed E-state index contributed by atoms with van der Waals surface area (Å²) in [5.74, 6) is 1.01. The Morgan fingerprint density at radius 2 is 1.98 bits per heavy atom. The Kier molecular flexibility index (Phi) is 11.5. The molecule has 9 atom stereocenters. The van der Waals surface area contributed by atoms with Crippen molar-refractivity contribution in [2.75, 3.05) is 6.61 Å². The van der Waals surface area contributed by atoms with E-state index in [1.54, 1.807) is 13.0 Å². The molecule has 1 aromatic rings. The number of nitrogens with zero attached hydrogens (tertiary/aromatic N) is 2. The molecule has 0 bridgehead atoms. The third-order valence-electron chi connectivity index (χ3n) is 9.00. The van der Waals surface area contributed by atoms with E-state index in [0.717, 1.165) is 31.3 Å². The topological polar surface area (TPSA) is 136 Å². The summed E-state index contributed by atoms with van der Waals surface area (Å²) >= 11 is 0. The number of aliphatic hydroxyl groups excluding tert-OH is 1. The number of carbonyl (C=O) groups excluding carboxylic acids is 2. The van der Waals surface area contributed by atoms with Gasteiger partial charge >= 0.3 is 0 Å². The second-order valence-electron chi connectivity index (χ2n) is 12.8. The maximum absolute atomic E-state index is 12.7. The Labute approximate surface area is 261 Å². The normalized spacial score (nSPS) is 33.2. The van der Waals surface area contributed by atoms with Crippen LogP contribution in [-0.2, 0) is 23.8 Å². The summed E-state index contributed by atoms with van der Waals surface area (Å²) in [6, 6.07) is -0.115. The van der Waals surface area contributed by atoms with E-state index in [9.17, 15) is 14.7 Å². The lowest BCUT2D eigenvalue weighted by molar-refractivity contribution is -0.146.